The first-order chi connectivity index (χ1) is 19.5. The SMILES string of the molecule is CC(C)C[C@@H](CN1CCN(C(=O)[C@H](CO)NS(=O)(=O)c2ccc(Cl)cc2Cl)CC1)NC(=O)c1cc2ccccc2s1. The Balaban J connectivity index is 1.34. The standard InChI is InChI=1S/C28H34Cl2N4O5S2/c1-18(2)13-21(31-27(36)25-14-19-5-3-4-6-24(19)40-25)16-33-9-11-34(12-10-33)28(37)23(17-35)32-41(38,39)26-8-7-20(29)15-22(26)30/h3-8,14-15,18,21,23,32,35H,9-13,16-17H2,1-2H3,(H,31,36)/t21-,23-/m0/s1. The Kier molecular flexibility index (Phi) is 10.7. The summed E-state index contributed by atoms with van der Waals surface area (Å²) in [6.45, 7) is 5.96. The molecule has 0 bridgehead atoms. The Morgan fingerprint density at radius 1 is 1.05 bits per heavy atom. The lowest BCUT2D eigenvalue weighted by Crippen LogP contribution is -2.57. The highest BCUT2D eigenvalue weighted by atomic mass is 35.5. The molecule has 0 saturated carbocycles. The summed E-state index contributed by atoms with van der Waals surface area (Å²) in [4.78, 5) is 30.4. The van der Waals surface area contributed by atoms with Crippen molar-refractivity contribution in [3.05, 3.63) is 63.5 Å². The number of piperazine rings is 1. The molecule has 2 atom stereocenters. The minimum atomic E-state index is -4.18. The number of rotatable bonds is 11. The van der Waals surface area contributed by atoms with E-state index in [2.05, 4.69) is 28.8 Å². The molecule has 41 heavy (non-hydrogen) atoms. The van der Waals surface area contributed by atoms with Crippen LogP contribution >= 0.6 is 34.5 Å². The first-order valence-corrected chi connectivity index (χ1v) is 16.4. The Bertz CT molecular complexity index is 1460. The smallest absolute Gasteiger partial charge is 0.261 e. The Morgan fingerprint density at radius 2 is 1.76 bits per heavy atom. The highest BCUT2D eigenvalue weighted by Crippen LogP contribution is 2.26. The number of carbonyl (C=O) groups is 2. The number of sulfonamides is 1. The number of nitrogens with zero attached hydrogens (tertiary/aromatic N) is 2. The van der Waals surface area contributed by atoms with Gasteiger partial charge in [-0.05, 0) is 48.1 Å². The number of aliphatic hydroxyl groups is 1. The van der Waals surface area contributed by atoms with Crippen molar-refractivity contribution in [2.75, 3.05) is 39.3 Å². The van der Waals surface area contributed by atoms with E-state index in [-0.39, 0.29) is 26.9 Å². The summed E-state index contributed by atoms with van der Waals surface area (Å²) < 4.78 is 29.1. The molecule has 2 aromatic carbocycles. The third-order valence-electron chi connectivity index (χ3n) is 6.86. The molecule has 1 aliphatic rings. The number of nitrogens with one attached hydrogen (secondary N) is 2. The Labute approximate surface area is 254 Å². The summed E-state index contributed by atoms with van der Waals surface area (Å²) in [7, 11) is -4.18. The zero-order valence-electron chi connectivity index (χ0n) is 22.8. The van der Waals surface area contributed by atoms with Crippen LogP contribution in [-0.4, -0.2) is 86.6 Å². The number of hydrogen-bond acceptors (Lipinski definition) is 7. The molecule has 1 fully saturated rings. The summed E-state index contributed by atoms with van der Waals surface area (Å²) in [5, 5.41) is 14.3. The second kappa shape index (κ2) is 13.8. The van der Waals surface area contributed by atoms with Gasteiger partial charge in [0.15, 0.2) is 0 Å². The van der Waals surface area contributed by atoms with E-state index in [1.165, 1.54) is 34.4 Å². The maximum absolute atomic E-state index is 13.1. The van der Waals surface area contributed by atoms with Crippen LogP contribution in [0.15, 0.2) is 53.4 Å². The molecule has 222 valence electrons. The van der Waals surface area contributed by atoms with Gasteiger partial charge in [0.05, 0.1) is 16.5 Å². The molecule has 2 heterocycles. The quantitative estimate of drug-likeness (QED) is 0.293. The van der Waals surface area contributed by atoms with Crippen LogP contribution in [-0.2, 0) is 14.8 Å². The van der Waals surface area contributed by atoms with Gasteiger partial charge in [-0.15, -0.1) is 11.3 Å². The lowest BCUT2D eigenvalue weighted by molar-refractivity contribution is -0.135. The van der Waals surface area contributed by atoms with Crippen LogP contribution in [0.2, 0.25) is 10.0 Å². The first kappa shape index (κ1) is 31.7. The fourth-order valence-corrected chi connectivity index (χ4v) is 7.81. The summed E-state index contributed by atoms with van der Waals surface area (Å²) in [5.41, 5.74) is 0. The minimum Gasteiger partial charge on any atom is -0.394 e. The molecule has 13 heteroatoms. The maximum atomic E-state index is 13.1. The molecule has 0 spiro atoms. The summed E-state index contributed by atoms with van der Waals surface area (Å²) in [5.74, 6) is -0.236. The molecule has 1 aliphatic heterocycles. The van der Waals surface area contributed by atoms with E-state index in [4.69, 9.17) is 23.2 Å². The molecule has 1 aromatic heterocycles. The summed E-state index contributed by atoms with van der Waals surface area (Å²) >= 11 is 13.4. The number of amides is 2. The topological polar surface area (TPSA) is 119 Å². The molecule has 1 saturated heterocycles. The second-order valence-corrected chi connectivity index (χ2v) is 14.1. The average Bonchev–Trinajstić information content (AvgIpc) is 3.36. The Morgan fingerprint density at radius 3 is 2.39 bits per heavy atom. The van der Waals surface area contributed by atoms with Crippen LogP contribution in [0.25, 0.3) is 10.1 Å². The minimum absolute atomic E-state index is 0.0731. The molecule has 0 aliphatic carbocycles. The lowest BCUT2D eigenvalue weighted by atomic mass is 10.0. The third-order valence-corrected chi connectivity index (χ3v) is 10.2. The second-order valence-electron chi connectivity index (χ2n) is 10.5. The molecular formula is C28H34Cl2N4O5S2. The first-order valence-electron chi connectivity index (χ1n) is 13.4. The van der Waals surface area contributed by atoms with Gasteiger partial charge in [-0.2, -0.15) is 4.72 Å². The highest BCUT2D eigenvalue weighted by Gasteiger charge is 2.32. The molecule has 3 aromatic rings. The molecule has 2 amide bonds. The van der Waals surface area contributed by atoms with Crippen LogP contribution in [0.1, 0.15) is 29.9 Å². The van der Waals surface area contributed by atoms with Crippen molar-refractivity contribution in [2.24, 2.45) is 5.92 Å². The van der Waals surface area contributed by atoms with E-state index in [1.54, 1.807) is 0 Å². The van der Waals surface area contributed by atoms with E-state index < -0.39 is 28.6 Å². The maximum Gasteiger partial charge on any atom is 0.261 e. The zero-order valence-corrected chi connectivity index (χ0v) is 26.0. The number of benzene rings is 2. The zero-order chi connectivity index (χ0) is 29.7. The molecule has 9 nitrogen and oxygen atoms in total. The third kappa shape index (κ3) is 8.19. The number of halogens is 2. The number of thiophene rings is 1. The van der Waals surface area contributed by atoms with Crippen molar-refractivity contribution in [3.8, 4) is 0 Å². The number of fused-ring (bicyclic) bond motifs is 1. The summed E-state index contributed by atoms with van der Waals surface area (Å²) in [6.07, 6.45) is 0.803. The fourth-order valence-electron chi connectivity index (χ4n) is 4.89. The lowest BCUT2D eigenvalue weighted by Gasteiger charge is -2.38. The van der Waals surface area contributed by atoms with Crippen LogP contribution in [0.3, 0.4) is 0 Å². The van der Waals surface area contributed by atoms with Crippen LogP contribution in [0.5, 0.6) is 0 Å². The van der Waals surface area contributed by atoms with Crippen molar-refractivity contribution in [1.29, 1.82) is 0 Å². The van der Waals surface area contributed by atoms with E-state index in [9.17, 15) is 23.1 Å². The van der Waals surface area contributed by atoms with Gasteiger partial charge < -0.3 is 15.3 Å². The van der Waals surface area contributed by atoms with Crippen molar-refractivity contribution < 1.29 is 23.1 Å². The molecular weight excluding hydrogens is 607 g/mol. The van der Waals surface area contributed by atoms with Gasteiger partial charge in [0.1, 0.15) is 10.9 Å². The van der Waals surface area contributed by atoms with Crippen LogP contribution < -0.4 is 10.0 Å². The van der Waals surface area contributed by atoms with Crippen LogP contribution in [0.4, 0.5) is 0 Å². The van der Waals surface area contributed by atoms with Crippen molar-refractivity contribution in [2.45, 2.75) is 37.2 Å². The van der Waals surface area contributed by atoms with Gasteiger partial charge in [-0.1, -0.05) is 55.2 Å². The van der Waals surface area contributed by atoms with E-state index >= 15 is 0 Å². The predicted octanol–water partition coefficient (Wildman–Crippen LogP) is 3.84. The fraction of sp³-hybridized carbons (Fsp3) is 0.429. The van der Waals surface area contributed by atoms with Gasteiger partial charge in [0.25, 0.3) is 5.91 Å². The van der Waals surface area contributed by atoms with E-state index in [0.717, 1.165) is 16.5 Å². The van der Waals surface area contributed by atoms with E-state index in [1.807, 2.05) is 30.3 Å². The summed E-state index contributed by atoms with van der Waals surface area (Å²) in [6, 6.07) is 12.3. The van der Waals surface area contributed by atoms with Gasteiger partial charge in [-0.3, -0.25) is 14.5 Å². The monoisotopic (exact) mass is 640 g/mol. The average molecular weight is 642 g/mol. The van der Waals surface area contributed by atoms with Gasteiger partial charge in [0, 0.05) is 48.5 Å². The number of hydrogen-bond donors (Lipinski definition) is 3. The van der Waals surface area contributed by atoms with Gasteiger partial charge in [0.2, 0.25) is 15.9 Å². The molecule has 0 unspecified atom stereocenters. The van der Waals surface area contributed by atoms with Crippen molar-refractivity contribution in [1.82, 2.24) is 19.8 Å². The predicted molar refractivity (Wildman–Crippen MR) is 163 cm³/mol. The normalized spacial score (nSPS) is 16.2. The van der Waals surface area contributed by atoms with Crippen molar-refractivity contribution >= 4 is 66.5 Å². The Hall–Kier alpha value is -2.25. The molecule has 0 radical (unpaired) electrons. The van der Waals surface area contributed by atoms with E-state index in [0.29, 0.717) is 43.5 Å². The van der Waals surface area contributed by atoms with Gasteiger partial charge >= 0.3 is 0 Å². The van der Waals surface area contributed by atoms with Crippen LogP contribution in [0, 0.1) is 5.92 Å². The molecule has 4 rings (SSSR count). The highest BCUT2D eigenvalue weighted by molar-refractivity contribution is 7.89. The number of carbonyl (C=O) groups excluding carboxylic acids is 2. The largest absolute Gasteiger partial charge is 0.394 e. The van der Waals surface area contributed by atoms with Crippen molar-refractivity contribution in [3.63, 3.8) is 0 Å². The van der Waals surface area contributed by atoms with Gasteiger partial charge in [-0.25, -0.2) is 8.42 Å². The molecule has 3 N–H and O–H groups in total. The number of aliphatic hydroxyl groups excluding tert-OH is 1.